The molecule has 1 rings (SSSR count). The maximum atomic E-state index is 12.0. The Morgan fingerprint density at radius 2 is 2.13 bits per heavy atom. The van der Waals surface area contributed by atoms with E-state index in [1.54, 1.807) is 0 Å². The highest BCUT2D eigenvalue weighted by Gasteiger charge is 2.10. The van der Waals surface area contributed by atoms with E-state index < -0.39 is 6.61 Å². The summed E-state index contributed by atoms with van der Waals surface area (Å²) in [7, 11) is 1.36. The van der Waals surface area contributed by atoms with E-state index in [1.165, 1.54) is 31.5 Å². The summed E-state index contributed by atoms with van der Waals surface area (Å²) >= 11 is 0. The van der Waals surface area contributed by atoms with Gasteiger partial charge in [0.15, 0.2) is 11.5 Å². The Labute approximate surface area is 85.3 Å². The van der Waals surface area contributed by atoms with Crippen LogP contribution in [0.1, 0.15) is 5.56 Å². The van der Waals surface area contributed by atoms with Gasteiger partial charge in [0, 0.05) is 0 Å². The summed E-state index contributed by atoms with van der Waals surface area (Å²) in [4.78, 5) is 0. The van der Waals surface area contributed by atoms with Crippen LogP contribution in [-0.2, 0) is 0 Å². The first kappa shape index (κ1) is 11.2. The third-order valence-electron chi connectivity index (χ3n) is 1.63. The highest BCUT2D eigenvalue weighted by molar-refractivity contribution is 5.80. The van der Waals surface area contributed by atoms with Crippen LogP contribution in [0.4, 0.5) is 8.78 Å². The third kappa shape index (κ3) is 3.08. The van der Waals surface area contributed by atoms with Crippen molar-refractivity contribution in [1.29, 1.82) is 0 Å². The number of benzene rings is 1. The van der Waals surface area contributed by atoms with E-state index in [4.69, 9.17) is 10.6 Å². The fourth-order valence-corrected chi connectivity index (χ4v) is 1.04. The summed E-state index contributed by atoms with van der Waals surface area (Å²) in [5.41, 5.74) is 0.635. The van der Waals surface area contributed by atoms with E-state index in [9.17, 15) is 8.78 Å². The van der Waals surface area contributed by atoms with Gasteiger partial charge < -0.3 is 15.3 Å². The van der Waals surface area contributed by atoms with Crippen LogP contribution in [-0.4, -0.2) is 19.9 Å². The largest absolute Gasteiger partial charge is 0.493 e. The molecule has 0 unspecified atom stereocenters. The molecule has 0 heterocycles. The number of halogens is 2. The summed E-state index contributed by atoms with van der Waals surface area (Å²) in [5, 5.41) is 3.30. The topological polar surface area (TPSA) is 56.8 Å². The third-order valence-corrected chi connectivity index (χ3v) is 1.63. The molecule has 0 saturated heterocycles. The van der Waals surface area contributed by atoms with Gasteiger partial charge in [0.2, 0.25) is 0 Å². The van der Waals surface area contributed by atoms with Gasteiger partial charge in [-0.15, -0.1) is 0 Å². The number of hydrogen-bond acceptors (Lipinski definition) is 4. The molecule has 0 atom stereocenters. The Morgan fingerprint density at radius 1 is 1.40 bits per heavy atom. The SMILES string of the molecule is COc1cc(/C=N\N)ccc1OC(F)F. The lowest BCUT2D eigenvalue weighted by molar-refractivity contribution is -0.0512. The number of rotatable bonds is 4. The lowest BCUT2D eigenvalue weighted by Gasteiger charge is -2.09. The second-order valence-electron chi connectivity index (χ2n) is 2.57. The Hall–Kier alpha value is -1.85. The van der Waals surface area contributed by atoms with E-state index in [-0.39, 0.29) is 11.5 Å². The fourth-order valence-electron chi connectivity index (χ4n) is 1.04. The quantitative estimate of drug-likeness (QED) is 0.472. The first-order valence-corrected chi connectivity index (χ1v) is 4.03. The average Bonchev–Trinajstić information content (AvgIpc) is 2.20. The average molecular weight is 216 g/mol. The van der Waals surface area contributed by atoms with Gasteiger partial charge >= 0.3 is 6.61 Å². The van der Waals surface area contributed by atoms with Crippen molar-refractivity contribution in [1.82, 2.24) is 0 Å². The van der Waals surface area contributed by atoms with Crippen molar-refractivity contribution in [2.24, 2.45) is 10.9 Å². The highest BCUT2D eigenvalue weighted by Crippen LogP contribution is 2.28. The van der Waals surface area contributed by atoms with Crippen molar-refractivity contribution < 1.29 is 18.3 Å². The maximum Gasteiger partial charge on any atom is 0.387 e. The van der Waals surface area contributed by atoms with Gasteiger partial charge in [-0.1, -0.05) is 0 Å². The molecule has 0 saturated carbocycles. The Morgan fingerprint density at radius 3 is 2.67 bits per heavy atom. The number of methoxy groups -OCH3 is 1. The molecule has 15 heavy (non-hydrogen) atoms. The van der Waals surface area contributed by atoms with E-state index in [1.807, 2.05) is 0 Å². The summed E-state index contributed by atoms with van der Waals surface area (Å²) in [6.07, 6.45) is 1.37. The molecule has 1 aromatic rings. The molecule has 0 aliphatic heterocycles. The lowest BCUT2D eigenvalue weighted by Crippen LogP contribution is -2.03. The molecule has 0 aliphatic carbocycles. The molecule has 0 aliphatic rings. The minimum atomic E-state index is -2.88. The summed E-state index contributed by atoms with van der Waals surface area (Å²) in [6, 6.07) is 4.40. The van der Waals surface area contributed by atoms with Crippen molar-refractivity contribution in [3.63, 3.8) is 0 Å². The van der Waals surface area contributed by atoms with Crippen molar-refractivity contribution >= 4 is 6.21 Å². The van der Waals surface area contributed by atoms with Crippen molar-refractivity contribution in [2.75, 3.05) is 7.11 Å². The minimum absolute atomic E-state index is 0.0262. The predicted molar refractivity (Wildman–Crippen MR) is 51.4 cm³/mol. The number of alkyl halides is 2. The molecule has 0 bridgehead atoms. The van der Waals surface area contributed by atoms with Crippen LogP contribution in [0, 0.1) is 0 Å². The van der Waals surface area contributed by atoms with Gasteiger partial charge in [0.05, 0.1) is 13.3 Å². The van der Waals surface area contributed by atoms with E-state index in [2.05, 4.69) is 9.84 Å². The van der Waals surface area contributed by atoms with Crippen LogP contribution in [0.25, 0.3) is 0 Å². The summed E-state index contributed by atoms with van der Waals surface area (Å²) in [6.45, 7) is -2.88. The molecule has 82 valence electrons. The summed E-state index contributed by atoms with van der Waals surface area (Å²) < 4.78 is 33.0. The lowest BCUT2D eigenvalue weighted by atomic mass is 10.2. The van der Waals surface area contributed by atoms with Crippen LogP contribution in [0.2, 0.25) is 0 Å². The van der Waals surface area contributed by atoms with Gasteiger partial charge in [-0.3, -0.25) is 0 Å². The van der Waals surface area contributed by atoms with Crippen molar-refractivity contribution in [3.05, 3.63) is 23.8 Å². The van der Waals surface area contributed by atoms with E-state index in [0.29, 0.717) is 5.56 Å². The van der Waals surface area contributed by atoms with Gasteiger partial charge in [0.1, 0.15) is 0 Å². The van der Waals surface area contributed by atoms with Crippen LogP contribution < -0.4 is 15.3 Å². The normalized spacial score (nSPS) is 10.9. The molecule has 0 aromatic heterocycles. The van der Waals surface area contributed by atoms with Crippen LogP contribution in [0.3, 0.4) is 0 Å². The van der Waals surface area contributed by atoms with Crippen molar-refractivity contribution in [3.8, 4) is 11.5 Å². The first-order valence-electron chi connectivity index (χ1n) is 4.03. The highest BCUT2D eigenvalue weighted by atomic mass is 19.3. The Bertz CT molecular complexity index is 356. The number of nitrogens with zero attached hydrogens (tertiary/aromatic N) is 1. The van der Waals surface area contributed by atoms with Crippen LogP contribution in [0.15, 0.2) is 23.3 Å². The first-order chi connectivity index (χ1) is 7.17. The molecule has 4 nitrogen and oxygen atoms in total. The molecule has 0 spiro atoms. The van der Waals surface area contributed by atoms with E-state index in [0.717, 1.165) is 0 Å². The molecular weight excluding hydrogens is 206 g/mol. The molecular formula is C9H10F2N2O2. The minimum Gasteiger partial charge on any atom is -0.493 e. The van der Waals surface area contributed by atoms with Crippen LogP contribution >= 0.6 is 0 Å². The molecule has 1 aromatic carbocycles. The molecule has 0 fully saturated rings. The van der Waals surface area contributed by atoms with Gasteiger partial charge in [-0.2, -0.15) is 13.9 Å². The molecule has 0 amide bonds. The molecule has 2 N–H and O–H groups in total. The number of hydrogen-bond donors (Lipinski definition) is 1. The number of hydrazone groups is 1. The maximum absolute atomic E-state index is 12.0. The summed E-state index contributed by atoms with van der Waals surface area (Å²) in [5.74, 6) is 5.12. The fraction of sp³-hybridized carbons (Fsp3) is 0.222. The predicted octanol–water partition coefficient (Wildman–Crippen LogP) is 1.59. The van der Waals surface area contributed by atoms with E-state index >= 15 is 0 Å². The Balaban J connectivity index is 2.98. The van der Waals surface area contributed by atoms with Gasteiger partial charge in [-0.25, -0.2) is 0 Å². The zero-order valence-electron chi connectivity index (χ0n) is 7.98. The Kier molecular flexibility index (Phi) is 3.84. The zero-order valence-corrected chi connectivity index (χ0v) is 7.98. The van der Waals surface area contributed by atoms with Crippen molar-refractivity contribution in [2.45, 2.75) is 6.61 Å². The molecule has 6 heteroatoms. The number of ether oxygens (including phenoxy) is 2. The zero-order chi connectivity index (χ0) is 11.3. The monoisotopic (exact) mass is 216 g/mol. The molecule has 0 radical (unpaired) electrons. The van der Waals surface area contributed by atoms with Crippen LogP contribution in [0.5, 0.6) is 11.5 Å². The standard InChI is InChI=1S/C9H10F2N2O2/c1-14-8-4-6(5-13-12)2-3-7(8)15-9(10)11/h2-5,9H,12H2,1H3/b13-5-. The smallest absolute Gasteiger partial charge is 0.387 e. The number of nitrogens with two attached hydrogens (primary N) is 1. The van der Waals surface area contributed by atoms with Gasteiger partial charge in [-0.05, 0) is 23.8 Å². The second kappa shape index (κ2) is 5.14. The second-order valence-corrected chi connectivity index (χ2v) is 2.57. The van der Waals surface area contributed by atoms with Gasteiger partial charge in [0.25, 0.3) is 0 Å².